The number of aromatic amines is 1. The Bertz CT molecular complexity index is 1290. The van der Waals surface area contributed by atoms with Gasteiger partial charge in [0.2, 0.25) is 0 Å². The molecule has 0 bridgehead atoms. The number of benzene rings is 1. The molecule has 0 aliphatic carbocycles. The first kappa shape index (κ1) is 21.1. The van der Waals surface area contributed by atoms with Gasteiger partial charge in [-0.05, 0) is 40.4 Å². The number of nitrogens with one attached hydrogen (secondary N) is 1. The van der Waals surface area contributed by atoms with Crippen LogP contribution in [0.5, 0.6) is 0 Å². The first-order valence-electron chi connectivity index (χ1n) is 10.7. The van der Waals surface area contributed by atoms with Crippen LogP contribution in [-0.4, -0.2) is 51.9 Å². The summed E-state index contributed by atoms with van der Waals surface area (Å²) in [6, 6.07) is 12.1. The lowest BCUT2D eigenvalue weighted by molar-refractivity contribution is 0.0633. The number of aromatic nitrogens is 2. The highest BCUT2D eigenvalue weighted by Crippen LogP contribution is 2.29. The van der Waals surface area contributed by atoms with Gasteiger partial charge in [0.1, 0.15) is 10.7 Å². The summed E-state index contributed by atoms with van der Waals surface area (Å²) >= 11 is 3.05. The summed E-state index contributed by atoms with van der Waals surface area (Å²) in [7, 11) is 0. The minimum absolute atomic E-state index is 0.00435. The molecule has 1 saturated heterocycles. The summed E-state index contributed by atoms with van der Waals surface area (Å²) in [6.07, 6.45) is 0.554. The number of amides is 1. The van der Waals surface area contributed by atoms with E-state index in [0.29, 0.717) is 40.4 Å². The number of thiophene rings is 2. The Morgan fingerprint density at radius 2 is 1.88 bits per heavy atom. The molecular formula is C24H24N4O2S2. The first-order chi connectivity index (χ1) is 15.6. The van der Waals surface area contributed by atoms with Crippen LogP contribution in [0.3, 0.4) is 0 Å². The van der Waals surface area contributed by atoms with E-state index in [1.807, 2.05) is 42.2 Å². The van der Waals surface area contributed by atoms with E-state index >= 15 is 0 Å². The van der Waals surface area contributed by atoms with Crippen LogP contribution in [0.15, 0.2) is 52.0 Å². The number of piperazine rings is 1. The van der Waals surface area contributed by atoms with Crippen LogP contribution in [0.25, 0.3) is 10.2 Å². The van der Waals surface area contributed by atoms with Crippen LogP contribution >= 0.6 is 22.7 Å². The third kappa shape index (κ3) is 4.26. The number of rotatable bonds is 5. The van der Waals surface area contributed by atoms with E-state index in [-0.39, 0.29) is 11.5 Å². The number of aryl methyl sites for hydroxylation is 1. The molecule has 1 aliphatic rings. The Kier molecular flexibility index (Phi) is 5.91. The molecule has 1 aromatic carbocycles. The maximum atomic E-state index is 13.3. The maximum Gasteiger partial charge on any atom is 0.264 e. The quantitative estimate of drug-likeness (QED) is 0.486. The van der Waals surface area contributed by atoms with Crippen molar-refractivity contribution >= 4 is 38.8 Å². The lowest BCUT2D eigenvalue weighted by atomic mass is 10.1. The number of hydrogen-bond donors (Lipinski definition) is 1. The van der Waals surface area contributed by atoms with Gasteiger partial charge in [0.25, 0.3) is 11.5 Å². The third-order valence-corrected chi connectivity index (χ3v) is 7.81. The molecule has 1 fully saturated rings. The van der Waals surface area contributed by atoms with Gasteiger partial charge < -0.3 is 9.88 Å². The monoisotopic (exact) mass is 464 g/mol. The fourth-order valence-corrected chi connectivity index (χ4v) is 5.99. The van der Waals surface area contributed by atoms with Crippen LogP contribution in [-0.2, 0) is 13.0 Å². The van der Waals surface area contributed by atoms with Gasteiger partial charge in [0.15, 0.2) is 0 Å². The van der Waals surface area contributed by atoms with Crippen molar-refractivity contribution < 1.29 is 4.79 Å². The van der Waals surface area contributed by atoms with Gasteiger partial charge in [0.05, 0.1) is 10.3 Å². The lowest BCUT2D eigenvalue weighted by Gasteiger charge is -2.34. The standard InChI is InChI=1S/C24H24N4O2S2/c1-16-20-22(29)25-19(13-17-5-3-2-4-6-17)26-23(20)32-21(16)24(30)28-10-8-27(9-11-28)14-18-7-12-31-15-18/h2-7,12,15H,8-11,13-14H2,1H3,(H,25,26,29). The van der Waals surface area contributed by atoms with Crippen molar-refractivity contribution in [3.05, 3.63) is 84.9 Å². The molecule has 32 heavy (non-hydrogen) atoms. The number of hydrogen-bond acceptors (Lipinski definition) is 6. The average molecular weight is 465 g/mol. The Labute approximate surface area is 194 Å². The predicted molar refractivity (Wildman–Crippen MR) is 130 cm³/mol. The molecule has 4 heterocycles. The molecule has 0 unspecified atom stereocenters. The summed E-state index contributed by atoms with van der Waals surface area (Å²) < 4.78 is 0. The third-order valence-electron chi connectivity index (χ3n) is 5.90. The Hall–Kier alpha value is -2.81. The zero-order chi connectivity index (χ0) is 22.1. The van der Waals surface area contributed by atoms with Crippen LogP contribution < -0.4 is 5.56 Å². The molecule has 0 spiro atoms. The second-order valence-electron chi connectivity index (χ2n) is 8.11. The smallest absolute Gasteiger partial charge is 0.264 e. The molecule has 0 saturated carbocycles. The van der Waals surface area contributed by atoms with Gasteiger partial charge in [-0.25, -0.2) is 4.98 Å². The summed E-state index contributed by atoms with van der Waals surface area (Å²) in [4.78, 5) is 39.2. The average Bonchev–Trinajstić information content (AvgIpc) is 3.42. The van der Waals surface area contributed by atoms with Gasteiger partial charge >= 0.3 is 0 Å². The van der Waals surface area contributed by atoms with E-state index in [1.54, 1.807) is 11.3 Å². The van der Waals surface area contributed by atoms with Crippen LogP contribution in [0, 0.1) is 6.92 Å². The van der Waals surface area contributed by atoms with Gasteiger partial charge in [-0.15, -0.1) is 11.3 Å². The predicted octanol–water partition coefficient (Wildman–Crippen LogP) is 3.90. The van der Waals surface area contributed by atoms with Crippen molar-refractivity contribution in [3.63, 3.8) is 0 Å². The van der Waals surface area contributed by atoms with Crippen LogP contribution in [0.1, 0.15) is 32.2 Å². The SMILES string of the molecule is Cc1c(C(=O)N2CCN(Cc3ccsc3)CC2)sc2nc(Cc3ccccc3)[nH]c(=O)c12. The molecule has 1 aliphatic heterocycles. The molecular weight excluding hydrogens is 440 g/mol. The number of H-pyrrole nitrogens is 1. The fraction of sp³-hybridized carbons (Fsp3) is 0.292. The Balaban J connectivity index is 1.33. The van der Waals surface area contributed by atoms with E-state index in [4.69, 9.17) is 0 Å². The molecule has 8 heteroatoms. The molecule has 0 radical (unpaired) electrons. The van der Waals surface area contributed by atoms with Crippen LogP contribution in [0.4, 0.5) is 0 Å². The summed E-state index contributed by atoms with van der Waals surface area (Å²) in [5.41, 5.74) is 2.97. The zero-order valence-electron chi connectivity index (χ0n) is 17.8. The Morgan fingerprint density at radius 3 is 2.59 bits per heavy atom. The highest BCUT2D eigenvalue weighted by atomic mass is 32.1. The topological polar surface area (TPSA) is 69.3 Å². The van der Waals surface area contributed by atoms with E-state index in [9.17, 15) is 9.59 Å². The van der Waals surface area contributed by atoms with Gasteiger partial charge in [-0.2, -0.15) is 11.3 Å². The minimum atomic E-state index is -0.172. The molecule has 5 rings (SSSR count). The van der Waals surface area contributed by atoms with E-state index in [0.717, 1.165) is 30.8 Å². The molecule has 1 amide bonds. The molecule has 3 aromatic heterocycles. The van der Waals surface area contributed by atoms with Gasteiger partial charge in [-0.3, -0.25) is 14.5 Å². The highest BCUT2D eigenvalue weighted by molar-refractivity contribution is 7.20. The normalized spacial score (nSPS) is 14.8. The van der Waals surface area contributed by atoms with Crippen molar-refractivity contribution in [1.82, 2.24) is 19.8 Å². The van der Waals surface area contributed by atoms with Crippen molar-refractivity contribution in [3.8, 4) is 0 Å². The van der Waals surface area contributed by atoms with Crippen molar-refractivity contribution in [2.75, 3.05) is 26.2 Å². The van der Waals surface area contributed by atoms with E-state index in [1.165, 1.54) is 16.9 Å². The van der Waals surface area contributed by atoms with Crippen molar-refractivity contribution in [1.29, 1.82) is 0 Å². The van der Waals surface area contributed by atoms with E-state index in [2.05, 4.69) is 31.7 Å². The highest BCUT2D eigenvalue weighted by Gasteiger charge is 2.26. The number of nitrogens with zero attached hydrogens (tertiary/aromatic N) is 3. The largest absolute Gasteiger partial charge is 0.335 e. The zero-order valence-corrected chi connectivity index (χ0v) is 19.5. The molecule has 0 atom stereocenters. The number of carbonyl (C=O) groups is 1. The van der Waals surface area contributed by atoms with Crippen molar-refractivity contribution in [2.45, 2.75) is 19.9 Å². The van der Waals surface area contributed by atoms with Gasteiger partial charge in [-0.1, -0.05) is 30.3 Å². The summed E-state index contributed by atoms with van der Waals surface area (Å²) in [5.74, 6) is 0.626. The second-order valence-corrected chi connectivity index (χ2v) is 9.89. The van der Waals surface area contributed by atoms with Crippen LogP contribution in [0.2, 0.25) is 0 Å². The second kappa shape index (κ2) is 8.97. The minimum Gasteiger partial charge on any atom is -0.335 e. The first-order valence-corrected chi connectivity index (χ1v) is 12.4. The fourth-order valence-electron chi connectivity index (χ4n) is 4.16. The molecule has 164 valence electrons. The van der Waals surface area contributed by atoms with E-state index < -0.39 is 0 Å². The number of fused-ring (bicyclic) bond motifs is 1. The molecule has 6 nitrogen and oxygen atoms in total. The van der Waals surface area contributed by atoms with Gasteiger partial charge in [0, 0.05) is 39.1 Å². The maximum absolute atomic E-state index is 13.3. The number of carbonyl (C=O) groups excluding carboxylic acids is 1. The molecule has 4 aromatic rings. The van der Waals surface area contributed by atoms with Crippen molar-refractivity contribution in [2.24, 2.45) is 0 Å². The summed E-state index contributed by atoms with van der Waals surface area (Å²) in [5, 5.41) is 4.81. The Morgan fingerprint density at radius 1 is 1.09 bits per heavy atom. The summed E-state index contributed by atoms with van der Waals surface area (Å²) in [6.45, 7) is 5.88. The molecule has 1 N–H and O–H groups in total. The lowest BCUT2D eigenvalue weighted by Crippen LogP contribution is -2.48.